The SMILES string of the molecule is CCNc1ncc(Br)c(NCc2ccc(OC)nc2)n1. The van der Waals surface area contributed by atoms with Crippen LogP contribution in [0.4, 0.5) is 11.8 Å². The van der Waals surface area contributed by atoms with E-state index < -0.39 is 0 Å². The molecule has 2 aromatic rings. The average molecular weight is 338 g/mol. The standard InChI is InChI=1S/C13H16BrN5O/c1-3-15-13-18-8-10(14)12(19-13)17-7-9-4-5-11(20-2)16-6-9/h4-6,8H,3,7H2,1-2H3,(H2,15,17,18,19). The predicted molar refractivity (Wildman–Crippen MR) is 82.0 cm³/mol. The molecule has 0 atom stereocenters. The Morgan fingerprint density at radius 3 is 2.70 bits per heavy atom. The molecular weight excluding hydrogens is 322 g/mol. The van der Waals surface area contributed by atoms with Crippen LogP contribution in [-0.2, 0) is 6.54 Å². The molecule has 0 amide bonds. The predicted octanol–water partition coefficient (Wildman–Crippen LogP) is 2.69. The van der Waals surface area contributed by atoms with E-state index in [0.29, 0.717) is 18.4 Å². The summed E-state index contributed by atoms with van der Waals surface area (Å²) < 4.78 is 5.85. The van der Waals surface area contributed by atoms with E-state index in [0.717, 1.165) is 22.4 Å². The lowest BCUT2D eigenvalue weighted by atomic mass is 10.3. The minimum absolute atomic E-state index is 0.603. The first kappa shape index (κ1) is 14.5. The van der Waals surface area contributed by atoms with Gasteiger partial charge in [-0.25, -0.2) is 9.97 Å². The first-order valence-corrected chi connectivity index (χ1v) is 7.01. The second kappa shape index (κ2) is 7.04. The first-order valence-electron chi connectivity index (χ1n) is 6.22. The number of aromatic nitrogens is 3. The fourth-order valence-corrected chi connectivity index (χ4v) is 1.89. The summed E-state index contributed by atoms with van der Waals surface area (Å²) >= 11 is 3.43. The van der Waals surface area contributed by atoms with Crippen molar-refractivity contribution < 1.29 is 4.74 Å². The number of halogens is 1. The summed E-state index contributed by atoms with van der Waals surface area (Å²) in [5.74, 6) is 1.95. The third-order valence-electron chi connectivity index (χ3n) is 2.55. The molecule has 2 aromatic heterocycles. The summed E-state index contributed by atoms with van der Waals surface area (Å²) in [5.41, 5.74) is 1.04. The van der Waals surface area contributed by atoms with Crippen LogP contribution in [0, 0.1) is 0 Å². The number of nitrogens with zero attached hydrogens (tertiary/aromatic N) is 3. The molecule has 0 saturated carbocycles. The molecule has 0 aliphatic rings. The Kier molecular flexibility index (Phi) is 5.11. The highest BCUT2D eigenvalue weighted by Gasteiger charge is 2.04. The molecule has 0 bridgehead atoms. The Bertz CT molecular complexity index is 561. The molecule has 0 radical (unpaired) electrons. The highest BCUT2D eigenvalue weighted by molar-refractivity contribution is 9.10. The van der Waals surface area contributed by atoms with Gasteiger partial charge < -0.3 is 15.4 Å². The Labute approximate surface area is 126 Å². The number of hydrogen-bond donors (Lipinski definition) is 2. The molecule has 2 rings (SSSR count). The van der Waals surface area contributed by atoms with Gasteiger partial charge in [-0.1, -0.05) is 6.07 Å². The van der Waals surface area contributed by atoms with Crippen molar-refractivity contribution in [3.05, 3.63) is 34.6 Å². The lowest BCUT2D eigenvalue weighted by Crippen LogP contribution is -2.07. The van der Waals surface area contributed by atoms with Crippen LogP contribution in [0.3, 0.4) is 0 Å². The van der Waals surface area contributed by atoms with E-state index in [1.54, 1.807) is 19.5 Å². The molecular formula is C13H16BrN5O. The molecule has 6 nitrogen and oxygen atoms in total. The quantitative estimate of drug-likeness (QED) is 0.844. The van der Waals surface area contributed by atoms with Crippen LogP contribution in [0.25, 0.3) is 0 Å². The van der Waals surface area contributed by atoms with Crippen molar-refractivity contribution in [2.24, 2.45) is 0 Å². The Hall–Kier alpha value is -1.89. The topological polar surface area (TPSA) is 72.0 Å². The van der Waals surface area contributed by atoms with Crippen LogP contribution in [-0.4, -0.2) is 28.6 Å². The average Bonchev–Trinajstić information content (AvgIpc) is 2.48. The molecule has 0 aromatic carbocycles. The monoisotopic (exact) mass is 337 g/mol. The molecule has 106 valence electrons. The Morgan fingerprint density at radius 2 is 2.05 bits per heavy atom. The van der Waals surface area contributed by atoms with Crippen molar-refractivity contribution in [1.29, 1.82) is 0 Å². The van der Waals surface area contributed by atoms with Crippen molar-refractivity contribution in [2.75, 3.05) is 24.3 Å². The maximum absolute atomic E-state index is 5.03. The summed E-state index contributed by atoms with van der Waals surface area (Å²) in [6.45, 7) is 3.41. The van der Waals surface area contributed by atoms with E-state index in [1.165, 1.54) is 0 Å². The second-order valence-corrected chi connectivity index (χ2v) is 4.84. The zero-order valence-corrected chi connectivity index (χ0v) is 12.9. The largest absolute Gasteiger partial charge is 0.481 e. The molecule has 0 fully saturated rings. The van der Waals surface area contributed by atoms with E-state index in [9.17, 15) is 0 Å². The van der Waals surface area contributed by atoms with Gasteiger partial charge in [-0.15, -0.1) is 0 Å². The fraction of sp³-hybridized carbons (Fsp3) is 0.308. The van der Waals surface area contributed by atoms with Crippen molar-refractivity contribution >= 4 is 27.7 Å². The van der Waals surface area contributed by atoms with Crippen LogP contribution in [0.5, 0.6) is 5.88 Å². The first-order chi connectivity index (χ1) is 9.72. The zero-order valence-electron chi connectivity index (χ0n) is 11.4. The Balaban J connectivity index is 2.03. The molecule has 0 saturated heterocycles. The van der Waals surface area contributed by atoms with E-state index in [2.05, 4.69) is 41.5 Å². The summed E-state index contributed by atoms with van der Waals surface area (Å²) in [4.78, 5) is 12.7. The molecule has 2 N–H and O–H groups in total. The van der Waals surface area contributed by atoms with Gasteiger partial charge in [-0.3, -0.25) is 0 Å². The van der Waals surface area contributed by atoms with Gasteiger partial charge in [-0.05, 0) is 28.4 Å². The third kappa shape index (κ3) is 3.80. The normalized spacial score (nSPS) is 10.2. The third-order valence-corrected chi connectivity index (χ3v) is 3.13. The Morgan fingerprint density at radius 1 is 1.20 bits per heavy atom. The molecule has 20 heavy (non-hydrogen) atoms. The molecule has 2 heterocycles. The number of anilines is 2. The van der Waals surface area contributed by atoms with Gasteiger partial charge in [0.2, 0.25) is 11.8 Å². The van der Waals surface area contributed by atoms with Crippen molar-refractivity contribution in [3.63, 3.8) is 0 Å². The van der Waals surface area contributed by atoms with Gasteiger partial charge in [0, 0.05) is 31.5 Å². The van der Waals surface area contributed by atoms with Crippen molar-refractivity contribution in [3.8, 4) is 5.88 Å². The fourth-order valence-electron chi connectivity index (χ4n) is 1.56. The lowest BCUT2D eigenvalue weighted by molar-refractivity contribution is 0.397. The van der Waals surface area contributed by atoms with Gasteiger partial charge in [0.05, 0.1) is 11.6 Å². The molecule has 0 spiro atoms. The van der Waals surface area contributed by atoms with E-state index >= 15 is 0 Å². The molecule has 0 aliphatic heterocycles. The number of rotatable bonds is 6. The van der Waals surface area contributed by atoms with Gasteiger partial charge in [0.1, 0.15) is 5.82 Å². The smallest absolute Gasteiger partial charge is 0.224 e. The van der Waals surface area contributed by atoms with Crippen molar-refractivity contribution in [2.45, 2.75) is 13.5 Å². The van der Waals surface area contributed by atoms with Gasteiger partial charge >= 0.3 is 0 Å². The summed E-state index contributed by atoms with van der Waals surface area (Å²) in [7, 11) is 1.60. The number of pyridine rings is 1. The highest BCUT2D eigenvalue weighted by Crippen LogP contribution is 2.20. The van der Waals surface area contributed by atoms with Crippen molar-refractivity contribution in [1.82, 2.24) is 15.0 Å². The lowest BCUT2D eigenvalue weighted by Gasteiger charge is -2.09. The minimum Gasteiger partial charge on any atom is -0.481 e. The highest BCUT2D eigenvalue weighted by atomic mass is 79.9. The number of nitrogens with one attached hydrogen (secondary N) is 2. The summed E-state index contributed by atoms with van der Waals surface area (Å²) in [6, 6.07) is 3.79. The van der Waals surface area contributed by atoms with Crippen LogP contribution in [0.2, 0.25) is 0 Å². The summed E-state index contributed by atoms with van der Waals surface area (Å²) in [6.07, 6.45) is 3.49. The number of ether oxygens (including phenoxy) is 1. The maximum atomic E-state index is 5.03. The molecule has 0 aliphatic carbocycles. The van der Waals surface area contributed by atoms with Crippen LogP contribution in [0.1, 0.15) is 12.5 Å². The summed E-state index contributed by atoms with van der Waals surface area (Å²) in [5, 5.41) is 6.32. The number of methoxy groups -OCH3 is 1. The van der Waals surface area contributed by atoms with Gasteiger partial charge in [0.25, 0.3) is 0 Å². The van der Waals surface area contributed by atoms with Crippen LogP contribution < -0.4 is 15.4 Å². The molecule has 0 unspecified atom stereocenters. The number of hydrogen-bond acceptors (Lipinski definition) is 6. The van der Waals surface area contributed by atoms with Crippen LogP contribution >= 0.6 is 15.9 Å². The van der Waals surface area contributed by atoms with E-state index in [1.807, 2.05) is 19.1 Å². The maximum Gasteiger partial charge on any atom is 0.224 e. The zero-order chi connectivity index (χ0) is 14.4. The van der Waals surface area contributed by atoms with E-state index in [-0.39, 0.29) is 0 Å². The minimum atomic E-state index is 0.603. The second-order valence-electron chi connectivity index (χ2n) is 3.98. The van der Waals surface area contributed by atoms with Gasteiger partial charge in [-0.2, -0.15) is 4.98 Å². The van der Waals surface area contributed by atoms with E-state index in [4.69, 9.17) is 4.74 Å². The molecule has 7 heteroatoms. The van der Waals surface area contributed by atoms with Crippen LogP contribution in [0.15, 0.2) is 29.0 Å². The van der Waals surface area contributed by atoms with Gasteiger partial charge in [0.15, 0.2) is 0 Å².